The molecule has 7 nitrogen and oxygen atoms in total. The van der Waals surface area contributed by atoms with Gasteiger partial charge in [0.15, 0.2) is 6.23 Å². The standard InChI is InChI=1S/C15H25N2O5P/c1-16-11(18)6-8-17(15(16)20)14-13(21-2)12(19)10(22-14)7-9-23(3,4)5/h6,8,10,12-14,19H,3,7,9H2,1-2,4-5H3/t10?,12-,13-,14-/m1/s1. The molecule has 1 aliphatic rings. The van der Waals surface area contributed by atoms with Gasteiger partial charge in [0.1, 0.15) is 12.2 Å². The van der Waals surface area contributed by atoms with E-state index in [4.69, 9.17) is 9.47 Å². The summed E-state index contributed by atoms with van der Waals surface area (Å²) in [6, 6.07) is 1.29. The van der Waals surface area contributed by atoms with Crippen LogP contribution >= 0.6 is 6.89 Å². The molecule has 0 saturated carbocycles. The lowest BCUT2D eigenvalue weighted by molar-refractivity contribution is -0.0546. The summed E-state index contributed by atoms with van der Waals surface area (Å²) >= 11 is 0. The summed E-state index contributed by atoms with van der Waals surface area (Å²) in [5, 5.41) is 10.5. The first kappa shape index (κ1) is 18.2. The highest BCUT2D eigenvalue weighted by Crippen LogP contribution is 2.39. The smallest absolute Gasteiger partial charge is 0.332 e. The molecule has 1 aliphatic heterocycles. The maximum atomic E-state index is 12.3. The van der Waals surface area contributed by atoms with Crippen LogP contribution in [0.1, 0.15) is 12.6 Å². The lowest BCUT2D eigenvalue weighted by Gasteiger charge is -2.20. The summed E-state index contributed by atoms with van der Waals surface area (Å²) in [5.74, 6) is 0. The van der Waals surface area contributed by atoms with Crippen LogP contribution in [0.2, 0.25) is 0 Å². The Kier molecular flexibility index (Phi) is 5.36. The average molecular weight is 344 g/mol. The number of aliphatic hydroxyl groups excluding tert-OH is 1. The second-order valence-corrected chi connectivity index (χ2v) is 10.9. The van der Waals surface area contributed by atoms with Crippen LogP contribution in [-0.4, -0.2) is 65.5 Å². The number of nitrogens with zero attached hydrogens (tertiary/aromatic N) is 2. The van der Waals surface area contributed by atoms with Gasteiger partial charge in [-0.2, -0.15) is 0 Å². The van der Waals surface area contributed by atoms with E-state index in [9.17, 15) is 14.7 Å². The van der Waals surface area contributed by atoms with Crippen LogP contribution in [0, 0.1) is 0 Å². The van der Waals surface area contributed by atoms with Crippen molar-refractivity contribution in [1.82, 2.24) is 9.13 Å². The number of hydrogen-bond acceptors (Lipinski definition) is 5. The van der Waals surface area contributed by atoms with Crippen molar-refractivity contribution in [2.24, 2.45) is 7.05 Å². The number of rotatable bonds is 5. The highest BCUT2D eigenvalue weighted by atomic mass is 31.2. The third-order valence-electron chi connectivity index (χ3n) is 4.09. The molecule has 1 aromatic rings. The Morgan fingerprint density at radius 1 is 1.43 bits per heavy atom. The summed E-state index contributed by atoms with van der Waals surface area (Å²) in [7, 11) is 2.87. The number of aromatic nitrogens is 2. The number of methoxy groups -OCH3 is 1. The molecule has 8 heteroatoms. The van der Waals surface area contributed by atoms with Crippen molar-refractivity contribution in [2.75, 3.05) is 26.6 Å². The van der Waals surface area contributed by atoms with Crippen molar-refractivity contribution in [3.63, 3.8) is 0 Å². The minimum absolute atomic E-state index is 0.390. The van der Waals surface area contributed by atoms with Crippen LogP contribution in [0.4, 0.5) is 0 Å². The molecular weight excluding hydrogens is 319 g/mol. The first-order chi connectivity index (χ1) is 10.7. The van der Waals surface area contributed by atoms with Crippen LogP contribution < -0.4 is 11.2 Å². The number of ether oxygens (including phenoxy) is 2. The van der Waals surface area contributed by atoms with Gasteiger partial charge in [-0.25, -0.2) is 4.79 Å². The van der Waals surface area contributed by atoms with Gasteiger partial charge in [-0.05, 0) is 25.9 Å². The third-order valence-corrected chi connectivity index (χ3v) is 5.56. The van der Waals surface area contributed by atoms with E-state index in [0.717, 1.165) is 10.7 Å². The van der Waals surface area contributed by atoms with Crippen molar-refractivity contribution < 1.29 is 14.6 Å². The van der Waals surface area contributed by atoms with Gasteiger partial charge in [0.2, 0.25) is 0 Å². The summed E-state index contributed by atoms with van der Waals surface area (Å²) in [4.78, 5) is 23.8. The molecular formula is C15H25N2O5P. The first-order valence-corrected chi connectivity index (χ1v) is 10.5. The molecule has 0 bridgehead atoms. The fraction of sp³-hybridized carbons (Fsp3) is 0.667. The second kappa shape index (κ2) is 6.77. The second-order valence-electron chi connectivity index (χ2n) is 6.61. The van der Waals surface area contributed by atoms with E-state index >= 15 is 0 Å². The van der Waals surface area contributed by atoms with E-state index in [2.05, 4.69) is 19.6 Å². The summed E-state index contributed by atoms with van der Waals surface area (Å²) < 4.78 is 13.5. The van der Waals surface area contributed by atoms with Crippen molar-refractivity contribution in [3.05, 3.63) is 33.1 Å². The Bertz CT molecular complexity index is 719. The van der Waals surface area contributed by atoms with E-state index < -0.39 is 37.1 Å². The van der Waals surface area contributed by atoms with Gasteiger partial charge < -0.3 is 14.6 Å². The minimum atomic E-state index is -1.23. The molecule has 0 radical (unpaired) electrons. The van der Waals surface area contributed by atoms with Gasteiger partial charge in [0, 0.05) is 26.4 Å². The number of hydrogen-bond donors (Lipinski definition) is 1. The van der Waals surface area contributed by atoms with Gasteiger partial charge in [-0.3, -0.25) is 13.9 Å². The lowest BCUT2D eigenvalue weighted by atomic mass is 10.1. The lowest BCUT2D eigenvalue weighted by Crippen LogP contribution is -2.42. The predicted octanol–water partition coefficient (Wildman–Crippen LogP) is -0.0804. The molecule has 2 rings (SSSR count). The van der Waals surface area contributed by atoms with Gasteiger partial charge in [-0.15, -0.1) is 13.2 Å². The van der Waals surface area contributed by atoms with Gasteiger partial charge in [-0.1, -0.05) is 0 Å². The molecule has 1 fully saturated rings. The van der Waals surface area contributed by atoms with Crippen LogP contribution in [0.15, 0.2) is 21.9 Å². The van der Waals surface area contributed by atoms with Crippen LogP contribution in [0.3, 0.4) is 0 Å². The Morgan fingerprint density at radius 3 is 2.65 bits per heavy atom. The van der Waals surface area contributed by atoms with Crippen LogP contribution in [0.5, 0.6) is 0 Å². The minimum Gasteiger partial charge on any atom is -0.388 e. The van der Waals surface area contributed by atoms with Gasteiger partial charge in [0.25, 0.3) is 5.56 Å². The summed E-state index contributed by atoms with van der Waals surface area (Å²) in [6.45, 7) is 3.01. The molecule has 1 unspecified atom stereocenters. The average Bonchev–Trinajstić information content (AvgIpc) is 2.78. The Morgan fingerprint density at radius 2 is 2.09 bits per heavy atom. The van der Waals surface area contributed by atoms with Crippen molar-refractivity contribution in [2.45, 2.75) is 31.0 Å². The van der Waals surface area contributed by atoms with Crippen LogP contribution in [-0.2, 0) is 16.5 Å². The highest BCUT2D eigenvalue weighted by molar-refractivity contribution is 7.72. The molecule has 1 saturated heterocycles. The van der Waals surface area contributed by atoms with Crippen LogP contribution in [0.25, 0.3) is 0 Å². The highest BCUT2D eigenvalue weighted by Gasteiger charge is 2.45. The fourth-order valence-electron chi connectivity index (χ4n) is 2.69. The Balaban J connectivity index is 2.29. The molecule has 0 amide bonds. The Labute approximate surface area is 135 Å². The molecule has 2 heterocycles. The molecule has 23 heavy (non-hydrogen) atoms. The topological polar surface area (TPSA) is 82.7 Å². The maximum Gasteiger partial charge on any atom is 0.332 e. The Hall–Kier alpha value is -1.14. The summed E-state index contributed by atoms with van der Waals surface area (Å²) in [6.07, 6.45) is 4.39. The molecule has 0 spiro atoms. The SMILES string of the molecule is C=P(C)(C)CCC1O[C@@H](n2ccc(=O)n(C)c2=O)[C@H](OC)[C@@H]1O. The van der Waals surface area contributed by atoms with E-state index in [0.29, 0.717) is 6.42 Å². The maximum absolute atomic E-state index is 12.3. The van der Waals surface area contributed by atoms with E-state index in [-0.39, 0.29) is 5.56 Å². The van der Waals surface area contributed by atoms with Crippen molar-refractivity contribution in [1.29, 1.82) is 0 Å². The van der Waals surface area contributed by atoms with Crippen molar-refractivity contribution in [3.8, 4) is 0 Å². The fourth-order valence-corrected chi connectivity index (χ4v) is 3.65. The molecule has 1 N–H and O–H groups in total. The zero-order valence-electron chi connectivity index (χ0n) is 14.0. The van der Waals surface area contributed by atoms with Gasteiger partial charge >= 0.3 is 5.69 Å². The monoisotopic (exact) mass is 344 g/mol. The zero-order chi connectivity index (χ0) is 17.4. The molecule has 0 aliphatic carbocycles. The zero-order valence-corrected chi connectivity index (χ0v) is 14.9. The van der Waals surface area contributed by atoms with E-state index in [1.807, 2.05) is 0 Å². The quantitative estimate of drug-likeness (QED) is 0.756. The summed E-state index contributed by atoms with van der Waals surface area (Å²) in [5.41, 5.74) is -0.888. The normalized spacial score (nSPS) is 28.2. The van der Waals surface area contributed by atoms with Crippen molar-refractivity contribution >= 4 is 13.2 Å². The molecule has 130 valence electrons. The molecule has 1 aromatic heterocycles. The third kappa shape index (κ3) is 3.86. The number of aliphatic hydroxyl groups is 1. The molecule has 4 atom stereocenters. The molecule has 0 aromatic carbocycles. The predicted molar refractivity (Wildman–Crippen MR) is 92.0 cm³/mol. The van der Waals surface area contributed by atoms with E-state index in [1.165, 1.54) is 31.0 Å². The first-order valence-electron chi connectivity index (χ1n) is 7.47. The largest absolute Gasteiger partial charge is 0.388 e. The van der Waals surface area contributed by atoms with Gasteiger partial charge in [0.05, 0.1) is 6.10 Å². The van der Waals surface area contributed by atoms with E-state index in [1.54, 1.807) is 0 Å².